The van der Waals surface area contributed by atoms with Crippen molar-refractivity contribution in [2.45, 2.75) is 57.1 Å². The van der Waals surface area contributed by atoms with Crippen LogP contribution >= 0.6 is 0 Å². The van der Waals surface area contributed by atoms with Crippen molar-refractivity contribution in [3.05, 3.63) is 65.2 Å². The molecule has 0 spiro atoms. The average molecular weight is 471 g/mol. The van der Waals surface area contributed by atoms with E-state index in [9.17, 15) is 13.2 Å². The van der Waals surface area contributed by atoms with E-state index in [2.05, 4.69) is 0 Å². The van der Waals surface area contributed by atoms with Gasteiger partial charge < -0.3 is 9.64 Å². The Morgan fingerprint density at radius 2 is 1.79 bits per heavy atom. The third kappa shape index (κ3) is 5.65. The summed E-state index contributed by atoms with van der Waals surface area (Å²) in [7, 11) is -3.56. The molecule has 6 nitrogen and oxygen atoms in total. The number of ether oxygens (including phenoxy) is 1. The molecule has 2 aromatic carbocycles. The van der Waals surface area contributed by atoms with Crippen molar-refractivity contribution >= 4 is 15.9 Å². The van der Waals surface area contributed by atoms with Gasteiger partial charge in [0.1, 0.15) is 0 Å². The highest BCUT2D eigenvalue weighted by atomic mass is 32.2. The Morgan fingerprint density at radius 3 is 2.42 bits per heavy atom. The van der Waals surface area contributed by atoms with E-state index >= 15 is 0 Å². The van der Waals surface area contributed by atoms with Crippen molar-refractivity contribution < 1.29 is 17.9 Å². The Labute approximate surface area is 197 Å². The fourth-order valence-corrected chi connectivity index (χ4v) is 6.58. The number of carbonyl (C=O) groups excluding carboxylic acids is 1. The smallest absolute Gasteiger partial charge is 0.243 e. The molecule has 0 aromatic heterocycles. The SMILES string of the molecule is Cc1ccc(S(=O)(=O)N2CCC(C(=O)N(Cc3ccccc3)CC3CCCO3)CC2)c(C)c1. The highest BCUT2D eigenvalue weighted by Gasteiger charge is 2.35. The first-order chi connectivity index (χ1) is 15.8. The molecule has 178 valence electrons. The van der Waals surface area contributed by atoms with Crippen LogP contribution in [0, 0.1) is 19.8 Å². The lowest BCUT2D eigenvalue weighted by atomic mass is 9.96. The summed E-state index contributed by atoms with van der Waals surface area (Å²) >= 11 is 0. The quantitative estimate of drug-likeness (QED) is 0.615. The molecule has 2 saturated heterocycles. The van der Waals surface area contributed by atoms with Crippen molar-refractivity contribution in [2.75, 3.05) is 26.2 Å². The van der Waals surface area contributed by atoms with Crippen LogP contribution in [0.5, 0.6) is 0 Å². The van der Waals surface area contributed by atoms with E-state index in [1.165, 1.54) is 4.31 Å². The van der Waals surface area contributed by atoms with Gasteiger partial charge in [0.15, 0.2) is 0 Å². The largest absolute Gasteiger partial charge is 0.376 e. The zero-order valence-corrected chi connectivity index (χ0v) is 20.4. The molecule has 2 fully saturated rings. The molecule has 1 amide bonds. The number of benzene rings is 2. The van der Waals surface area contributed by atoms with E-state index in [4.69, 9.17) is 4.74 Å². The first-order valence-electron chi connectivity index (χ1n) is 11.9. The second-order valence-corrected chi connectivity index (χ2v) is 11.2. The first kappa shape index (κ1) is 23.9. The van der Waals surface area contributed by atoms with Gasteiger partial charge in [-0.3, -0.25) is 4.79 Å². The lowest BCUT2D eigenvalue weighted by Crippen LogP contribution is -2.46. The Balaban J connectivity index is 1.43. The highest BCUT2D eigenvalue weighted by Crippen LogP contribution is 2.28. The summed E-state index contributed by atoms with van der Waals surface area (Å²) in [6.07, 6.45) is 3.18. The van der Waals surface area contributed by atoms with E-state index in [0.29, 0.717) is 43.9 Å². The summed E-state index contributed by atoms with van der Waals surface area (Å²) in [5, 5.41) is 0. The fourth-order valence-electron chi connectivity index (χ4n) is 4.90. The van der Waals surface area contributed by atoms with E-state index in [1.54, 1.807) is 6.07 Å². The van der Waals surface area contributed by atoms with Crippen LogP contribution in [0.2, 0.25) is 0 Å². The Kier molecular flexibility index (Phi) is 7.51. The minimum atomic E-state index is -3.56. The molecule has 33 heavy (non-hydrogen) atoms. The predicted octanol–water partition coefficient (Wildman–Crippen LogP) is 3.91. The standard InChI is InChI=1S/C26H34N2O4S/c1-20-10-11-25(21(2)17-20)33(30,31)28-14-12-23(13-15-28)26(29)27(19-24-9-6-16-32-24)18-22-7-4-3-5-8-22/h3-5,7-8,10-11,17,23-24H,6,9,12-16,18-19H2,1-2H3. The maximum absolute atomic E-state index is 13.5. The summed E-state index contributed by atoms with van der Waals surface area (Å²) in [4.78, 5) is 15.8. The molecule has 2 aliphatic heterocycles. The lowest BCUT2D eigenvalue weighted by molar-refractivity contribution is -0.139. The van der Waals surface area contributed by atoms with Crippen molar-refractivity contribution in [3.63, 3.8) is 0 Å². The summed E-state index contributed by atoms with van der Waals surface area (Å²) in [6.45, 7) is 6.43. The number of sulfonamides is 1. The minimum Gasteiger partial charge on any atom is -0.376 e. The fraction of sp³-hybridized carbons (Fsp3) is 0.500. The number of nitrogens with zero attached hydrogens (tertiary/aromatic N) is 2. The van der Waals surface area contributed by atoms with E-state index < -0.39 is 10.0 Å². The number of amides is 1. The number of rotatable bonds is 7. The molecule has 0 bridgehead atoms. The van der Waals surface area contributed by atoms with Crippen molar-refractivity contribution in [2.24, 2.45) is 5.92 Å². The molecule has 0 aliphatic carbocycles. The van der Waals surface area contributed by atoms with Crippen molar-refractivity contribution in [1.82, 2.24) is 9.21 Å². The highest BCUT2D eigenvalue weighted by molar-refractivity contribution is 7.89. The molecule has 0 radical (unpaired) electrons. The van der Waals surface area contributed by atoms with Crippen molar-refractivity contribution in [1.29, 1.82) is 0 Å². The van der Waals surface area contributed by atoms with Gasteiger partial charge in [0.2, 0.25) is 15.9 Å². The van der Waals surface area contributed by atoms with Gasteiger partial charge in [-0.1, -0.05) is 48.0 Å². The Hall–Kier alpha value is -2.22. The minimum absolute atomic E-state index is 0.0858. The van der Waals surface area contributed by atoms with Crippen LogP contribution in [0.3, 0.4) is 0 Å². The monoisotopic (exact) mass is 470 g/mol. The van der Waals surface area contributed by atoms with Gasteiger partial charge in [0.25, 0.3) is 0 Å². The van der Waals surface area contributed by atoms with Gasteiger partial charge in [0.05, 0.1) is 11.0 Å². The number of carbonyl (C=O) groups is 1. The molecule has 0 saturated carbocycles. The maximum Gasteiger partial charge on any atom is 0.243 e. The summed E-state index contributed by atoms with van der Waals surface area (Å²) in [5.74, 6) is -0.0569. The summed E-state index contributed by atoms with van der Waals surface area (Å²) in [6, 6.07) is 15.4. The van der Waals surface area contributed by atoms with Crippen LogP contribution in [-0.4, -0.2) is 55.9 Å². The lowest BCUT2D eigenvalue weighted by Gasteiger charge is -2.34. The number of hydrogen-bond acceptors (Lipinski definition) is 4. The molecule has 1 atom stereocenters. The molecular weight excluding hydrogens is 436 g/mol. The maximum atomic E-state index is 13.5. The third-order valence-electron chi connectivity index (χ3n) is 6.73. The van der Waals surface area contributed by atoms with Gasteiger partial charge in [-0.2, -0.15) is 4.31 Å². The molecule has 0 N–H and O–H groups in total. The summed E-state index contributed by atoms with van der Waals surface area (Å²) < 4.78 is 33.8. The van der Waals surface area contributed by atoms with E-state index in [-0.39, 0.29) is 17.9 Å². The van der Waals surface area contributed by atoms with Crippen molar-refractivity contribution in [3.8, 4) is 0 Å². The van der Waals surface area contributed by atoms with Crippen LogP contribution in [-0.2, 0) is 26.1 Å². The summed E-state index contributed by atoms with van der Waals surface area (Å²) in [5.41, 5.74) is 2.90. The zero-order valence-electron chi connectivity index (χ0n) is 19.6. The van der Waals surface area contributed by atoms with Crippen LogP contribution in [0.4, 0.5) is 0 Å². The zero-order chi connectivity index (χ0) is 23.4. The number of hydrogen-bond donors (Lipinski definition) is 0. The van der Waals surface area contributed by atoms with Gasteiger partial charge in [-0.15, -0.1) is 0 Å². The van der Waals surface area contributed by atoms with Gasteiger partial charge >= 0.3 is 0 Å². The molecule has 2 heterocycles. The molecule has 2 aromatic rings. The van der Waals surface area contributed by atoms with Crippen LogP contribution in [0.25, 0.3) is 0 Å². The van der Waals surface area contributed by atoms with E-state index in [0.717, 1.165) is 36.1 Å². The molecule has 1 unspecified atom stereocenters. The Bertz CT molecular complexity index is 1060. The molecule has 4 rings (SSSR count). The average Bonchev–Trinajstić information content (AvgIpc) is 3.32. The molecule has 7 heteroatoms. The second kappa shape index (κ2) is 10.4. The number of piperidine rings is 1. The second-order valence-electron chi connectivity index (χ2n) is 9.29. The van der Waals surface area contributed by atoms with Crippen LogP contribution < -0.4 is 0 Å². The van der Waals surface area contributed by atoms with Gasteiger partial charge in [-0.25, -0.2) is 8.42 Å². The van der Waals surface area contributed by atoms with Gasteiger partial charge in [-0.05, 0) is 56.7 Å². The topological polar surface area (TPSA) is 66.9 Å². The van der Waals surface area contributed by atoms with Crippen LogP contribution in [0.1, 0.15) is 42.4 Å². The molecule has 2 aliphatic rings. The normalized spacial score (nSPS) is 20.1. The third-order valence-corrected chi connectivity index (χ3v) is 8.79. The predicted molar refractivity (Wildman–Crippen MR) is 128 cm³/mol. The van der Waals surface area contributed by atoms with Gasteiger partial charge in [0, 0.05) is 38.7 Å². The Morgan fingerprint density at radius 1 is 1.06 bits per heavy atom. The first-order valence-corrected chi connectivity index (χ1v) is 13.3. The van der Waals surface area contributed by atoms with E-state index in [1.807, 2.05) is 61.2 Å². The van der Waals surface area contributed by atoms with Crippen LogP contribution in [0.15, 0.2) is 53.4 Å². The molecular formula is C26H34N2O4S. The number of aryl methyl sites for hydroxylation is 2.